The molecule has 0 fully saturated rings. The van der Waals surface area contributed by atoms with Gasteiger partial charge in [0.2, 0.25) is 11.7 Å². The van der Waals surface area contributed by atoms with E-state index in [-0.39, 0.29) is 11.9 Å². The van der Waals surface area contributed by atoms with E-state index < -0.39 is 0 Å². The Labute approximate surface area is 125 Å². The molecule has 1 atom stereocenters. The largest absolute Gasteiger partial charge is 0.339 e. The summed E-state index contributed by atoms with van der Waals surface area (Å²) in [6.07, 6.45) is 0.670. The van der Waals surface area contributed by atoms with E-state index >= 15 is 0 Å². The Morgan fingerprint density at radius 1 is 1.40 bits per heavy atom. The molecule has 1 N–H and O–H groups in total. The van der Waals surface area contributed by atoms with Crippen LogP contribution in [0.4, 0.5) is 4.39 Å². The average Bonchev–Trinajstić information content (AvgIpc) is 2.87. The molecule has 2 aromatic rings. The molecule has 0 saturated carbocycles. The van der Waals surface area contributed by atoms with Crippen molar-refractivity contribution in [2.45, 2.75) is 26.3 Å². The van der Waals surface area contributed by atoms with E-state index in [0.717, 1.165) is 5.56 Å². The van der Waals surface area contributed by atoms with Crippen molar-refractivity contribution < 1.29 is 8.91 Å². The van der Waals surface area contributed by atoms with Gasteiger partial charge in [0.05, 0.1) is 4.47 Å². The normalized spacial score (nSPS) is 12.9. The SMILES string of the molecule is CNC(Cc1nc(-c2ccc(F)c(Br)c2)no1)C(C)C. The average molecular weight is 342 g/mol. The van der Waals surface area contributed by atoms with Crippen molar-refractivity contribution in [1.82, 2.24) is 15.5 Å². The number of nitrogens with one attached hydrogen (secondary N) is 1. The van der Waals surface area contributed by atoms with Gasteiger partial charge in [-0.2, -0.15) is 4.98 Å². The highest BCUT2D eigenvalue weighted by molar-refractivity contribution is 9.10. The standard InChI is InChI=1S/C14H17BrFN3O/c1-8(2)12(17-3)7-13-18-14(19-20-13)9-4-5-11(16)10(15)6-9/h4-6,8,12,17H,7H2,1-3H3. The molecule has 1 aromatic heterocycles. The third-order valence-electron chi connectivity index (χ3n) is 3.22. The van der Waals surface area contributed by atoms with Crippen LogP contribution in [0.2, 0.25) is 0 Å². The summed E-state index contributed by atoms with van der Waals surface area (Å²) >= 11 is 3.15. The van der Waals surface area contributed by atoms with Crippen molar-refractivity contribution in [3.63, 3.8) is 0 Å². The van der Waals surface area contributed by atoms with E-state index in [0.29, 0.717) is 28.5 Å². The van der Waals surface area contributed by atoms with Crippen LogP contribution >= 0.6 is 15.9 Å². The molecule has 4 nitrogen and oxygen atoms in total. The van der Waals surface area contributed by atoms with Gasteiger partial charge in [0.25, 0.3) is 0 Å². The second kappa shape index (κ2) is 6.45. The van der Waals surface area contributed by atoms with E-state index in [4.69, 9.17) is 4.52 Å². The van der Waals surface area contributed by atoms with Gasteiger partial charge in [0.15, 0.2) is 0 Å². The summed E-state index contributed by atoms with van der Waals surface area (Å²) in [4.78, 5) is 4.36. The van der Waals surface area contributed by atoms with Crippen molar-refractivity contribution in [3.05, 3.63) is 34.4 Å². The first-order valence-corrected chi connectivity index (χ1v) is 7.26. The van der Waals surface area contributed by atoms with Crippen LogP contribution < -0.4 is 5.32 Å². The number of benzene rings is 1. The lowest BCUT2D eigenvalue weighted by molar-refractivity contribution is 0.335. The fourth-order valence-corrected chi connectivity index (χ4v) is 2.33. The number of nitrogens with zero attached hydrogens (tertiary/aromatic N) is 2. The Morgan fingerprint density at radius 3 is 2.75 bits per heavy atom. The lowest BCUT2D eigenvalue weighted by Gasteiger charge is -2.17. The smallest absolute Gasteiger partial charge is 0.228 e. The van der Waals surface area contributed by atoms with Crippen LogP contribution in [0.25, 0.3) is 11.4 Å². The molecule has 0 amide bonds. The van der Waals surface area contributed by atoms with Crippen LogP contribution in [0.5, 0.6) is 0 Å². The predicted octanol–water partition coefficient (Wildman–Crippen LogP) is 3.42. The van der Waals surface area contributed by atoms with Crippen LogP contribution in [0.1, 0.15) is 19.7 Å². The molecule has 0 spiro atoms. The summed E-state index contributed by atoms with van der Waals surface area (Å²) in [5.41, 5.74) is 0.721. The molecule has 0 aliphatic heterocycles. The van der Waals surface area contributed by atoms with Crippen molar-refractivity contribution >= 4 is 15.9 Å². The highest BCUT2D eigenvalue weighted by Gasteiger charge is 2.17. The number of hydrogen-bond donors (Lipinski definition) is 1. The lowest BCUT2D eigenvalue weighted by atomic mass is 10.0. The Hall–Kier alpha value is -1.27. The van der Waals surface area contributed by atoms with Crippen LogP contribution in [0.3, 0.4) is 0 Å². The lowest BCUT2D eigenvalue weighted by Crippen LogP contribution is -2.32. The molecule has 0 aliphatic rings. The topological polar surface area (TPSA) is 51.0 Å². The van der Waals surface area contributed by atoms with Gasteiger partial charge >= 0.3 is 0 Å². The number of aromatic nitrogens is 2. The van der Waals surface area contributed by atoms with Crippen LogP contribution in [-0.4, -0.2) is 23.2 Å². The zero-order chi connectivity index (χ0) is 14.7. The van der Waals surface area contributed by atoms with Crippen molar-refractivity contribution in [3.8, 4) is 11.4 Å². The Balaban J connectivity index is 2.18. The fraction of sp³-hybridized carbons (Fsp3) is 0.429. The van der Waals surface area contributed by atoms with Crippen LogP contribution in [0, 0.1) is 11.7 Å². The Morgan fingerprint density at radius 2 is 2.15 bits per heavy atom. The number of hydrogen-bond acceptors (Lipinski definition) is 4. The molecule has 0 bridgehead atoms. The Bertz CT molecular complexity index is 586. The van der Waals surface area contributed by atoms with Crippen molar-refractivity contribution in [2.24, 2.45) is 5.92 Å². The predicted molar refractivity (Wildman–Crippen MR) is 78.8 cm³/mol. The summed E-state index contributed by atoms with van der Waals surface area (Å²) in [6, 6.07) is 4.93. The minimum atomic E-state index is -0.312. The van der Waals surface area contributed by atoms with Gasteiger partial charge in [-0.3, -0.25) is 0 Å². The van der Waals surface area contributed by atoms with Crippen molar-refractivity contribution in [1.29, 1.82) is 0 Å². The molecule has 0 saturated heterocycles. The summed E-state index contributed by atoms with van der Waals surface area (Å²) in [7, 11) is 1.92. The maximum Gasteiger partial charge on any atom is 0.228 e. The molecule has 1 heterocycles. The van der Waals surface area contributed by atoms with Crippen LogP contribution in [-0.2, 0) is 6.42 Å². The maximum absolute atomic E-state index is 13.2. The molecular weight excluding hydrogens is 325 g/mol. The molecule has 6 heteroatoms. The van der Waals surface area contributed by atoms with Crippen LogP contribution in [0.15, 0.2) is 27.2 Å². The first-order chi connectivity index (χ1) is 9.51. The third-order valence-corrected chi connectivity index (χ3v) is 3.82. The molecule has 108 valence electrons. The minimum Gasteiger partial charge on any atom is -0.339 e. The molecule has 2 rings (SSSR count). The molecular formula is C14H17BrFN3O. The van der Waals surface area contributed by atoms with Gasteiger partial charge < -0.3 is 9.84 Å². The summed E-state index contributed by atoms with van der Waals surface area (Å²) in [6.45, 7) is 4.27. The minimum absolute atomic E-state index is 0.281. The van der Waals surface area contributed by atoms with E-state index in [9.17, 15) is 4.39 Å². The van der Waals surface area contributed by atoms with Gasteiger partial charge in [-0.25, -0.2) is 4.39 Å². The highest BCUT2D eigenvalue weighted by Crippen LogP contribution is 2.23. The van der Waals surface area contributed by atoms with E-state index in [1.165, 1.54) is 6.07 Å². The van der Waals surface area contributed by atoms with Crippen molar-refractivity contribution in [2.75, 3.05) is 7.05 Å². The van der Waals surface area contributed by atoms with Gasteiger partial charge in [0, 0.05) is 18.0 Å². The van der Waals surface area contributed by atoms with E-state index in [1.54, 1.807) is 12.1 Å². The number of likely N-dealkylation sites (N-methyl/N-ethyl adjacent to an activating group) is 1. The second-order valence-electron chi connectivity index (χ2n) is 4.98. The first kappa shape index (κ1) is 15.1. The monoisotopic (exact) mass is 341 g/mol. The summed E-state index contributed by atoms with van der Waals surface area (Å²) in [5.74, 6) is 1.20. The summed E-state index contributed by atoms with van der Waals surface area (Å²) < 4.78 is 18.9. The van der Waals surface area contributed by atoms with E-state index in [1.807, 2.05) is 7.05 Å². The first-order valence-electron chi connectivity index (χ1n) is 6.46. The van der Waals surface area contributed by atoms with Gasteiger partial charge in [0.1, 0.15) is 5.82 Å². The summed E-state index contributed by atoms with van der Waals surface area (Å²) in [5, 5.41) is 7.18. The van der Waals surface area contributed by atoms with Gasteiger partial charge in [-0.05, 0) is 47.1 Å². The van der Waals surface area contributed by atoms with Gasteiger partial charge in [-0.1, -0.05) is 19.0 Å². The molecule has 0 radical (unpaired) electrons. The molecule has 20 heavy (non-hydrogen) atoms. The van der Waals surface area contributed by atoms with Gasteiger partial charge in [-0.15, -0.1) is 0 Å². The maximum atomic E-state index is 13.2. The number of rotatable bonds is 5. The molecule has 1 unspecified atom stereocenters. The zero-order valence-corrected chi connectivity index (χ0v) is 13.2. The molecule has 0 aliphatic carbocycles. The third kappa shape index (κ3) is 3.43. The van der Waals surface area contributed by atoms with E-state index in [2.05, 4.69) is 45.2 Å². The molecule has 1 aromatic carbocycles. The zero-order valence-electron chi connectivity index (χ0n) is 11.7. The fourth-order valence-electron chi connectivity index (χ4n) is 1.95. The highest BCUT2D eigenvalue weighted by atomic mass is 79.9. The second-order valence-corrected chi connectivity index (χ2v) is 5.84. The quantitative estimate of drug-likeness (QED) is 0.905. The number of halogens is 2. The Kier molecular flexibility index (Phi) is 4.88.